The van der Waals surface area contributed by atoms with Crippen molar-refractivity contribution in [3.05, 3.63) is 106 Å². The fraction of sp³-hybridized carbons (Fsp3) is 0.167. The van der Waals surface area contributed by atoms with Crippen LogP contribution >= 0.6 is 34.3 Å². The van der Waals surface area contributed by atoms with Crippen LogP contribution in [0.15, 0.2) is 75.3 Å². The van der Waals surface area contributed by atoms with Crippen LogP contribution in [0, 0.1) is 12.3 Å². The number of hydrogen-bond acceptors (Lipinski definition) is 8. The maximum absolute atomic E-state index is 13.9. The molecule has 3 heterocycles. The Labute approximate surface area is 243 Å². The first-order valence-corrected chi connectivity index (χ1v) is 14.3. The van der Waals surface area contributed by atoms with E-state index in [1.165, 1.54) is 29.8 Å². The van der Waals surface area contributed by atoms with Gasteiger partial charge in [0.05, 0.1) is 34.5 Å². The van der Waals surface area contributed by atoms with E-state index < -0.39 is 12.0 Å². The lowest BCUT2D eigenvalue weighted by molar-refractivity contribution is -0.138. The highest BCUT2D eigenvalue weighted by Crippen LogP contribution is 2.38. The van der Waals surface area contributed by atoms with Crippen LogP contribution in [0.4, 0.5) is 0 Å². The van der Waals surface area contributed by atoms with Gasteiger partial charge in [-0.25, -0.2) is 9.79 Å². The van der Waals surface area contributed by atoms with Gasteiger partial charge in [-0.3, -0.25) is 9.36 Å². The summed E-state index contributed by atoms with van der Waals surface area (Å²) < 4.78 is 18.4. The summed E-state index contributed by atoms with van der Waals surface area (Å²) in [6.07, 6.45) is 7.02. The quantitative estimate of drug-likeness (QED) is 0.220. The van der Waals surface area contributed by atoms with Gasteiger partial charge in [0.15, 0.2) is 16.3 Å². The number of rotatable bonds is 8. The largest absolute Gasteiger partial charge is 0.493 e. The molecule has 0 spiro atoms. The topological polar surface area (TPSA) is 79.1 Å². The summed E-state index contributed by atoms with van der Waals surface area (Å²) in [5, 5.41) is 2.20. The molecular weight excluding hydrogens is 568 g/mol. The van der Waals surface area contributed by atoms with Crippen molar-refractivity contribution in [2.75, 3.05) is 20.3 Å². The number of thiazole rings is 1. The van der Waals surface area contributed by atoms with Crippen LogP contribution in [0.25, 0.3) is 11.8 Å². The van der Waals surface area contributed by atoms with E-state index in [1.807, 2.05) is 47.8 Å². The van der Waals surface area contributed by atoms with Gasteiger partial charge in [0.1, 0.15) is 12.6 Å². The average molecular weight is 591 g/mol. The first-order chi connectivity index (χ1) is 19.5. The summed E-state index contributed by atoms with van der Waals surface area (Å²) in [4.78, 5) is 33.5. The van der Waals surface area contributed by atoms with Gasteiger partial charge in [-0.15, -0.1) is 17.8 Å². The normalized spacial score (nSPS) is 14.8. The van der Waals surface area contributed by atoms with Crippen molar-refractivity contribution in [2.45, 2.75) is 13.0 Å². The lowest BCUT2D eigenvalue weighted by atomic mass is 9.97. The van der Waals surface area contributed by atoms with Crippen LogP contribution in [0.5, 0.6) is 11.5 Å². The van der Waals surface area contributed by atoms with Crippen LogP contribution in [0.2, 0.25) is 5.02 Å². The van der Waals surface area contributed by atoms with Gasteiger partial charge in [0.2, 0.25) is 0 Å². The van der Waals surface area contributed by atoms with Crippen LogP contribution < -0.4 is 24.4 Å². The standard InChI is InChI=1S/C30H23ClN2O5S2/c1-4-13-38-27-20(31)15-18(16-21(27)36-3)17-23-28(34)33-26(22-12-9-14-39-22)24(29(35)37-5-2)25(32-30(33)40-23)19-10-7-6-8-11-19/h1,6-12,14-17,26H,5,13H2,2-3H3/b23-17-/t26-/m1/s1. The second kappa shape index (κ2) is 12.0. The zero-order valence-electron chi connectivity index (χ0n) is 21.5. The molecule has 0 aliphatic carbocycles. The fourth-order valence-electron chi connectivity index (χ4n) is 4.38. The number of terminal acetylenes is 1. The second-order valence-electron chi connectivity index (χ2n) is 8.47. The zero-order valence-corrected chi connectivity index (χ0v) is 23.9. The van der Waals surface area contributed by atoms with E-state index in [1.54, 1.807) is 29.7 Å². The SMILES string of the molecule is C#CCOc1c(Cl)cc(/C=c2\sc3n(c2=O)[C@H](c2cccs2)C(C(=O)OCC)=C(c2ccccc2)N=3)cc1OC. The fourth-order valence-corrected chi connectivity index (χ4v) is 6.48. The number of aromatic nitrogens is 1. The first kappa shape index (κ1) is 27.5. The minimum absolute atomic E-state index is 0.0310. The molecule has 10 heteroatoms. The molecule has 40 heavy (non-hydrogen) atoms. The molecule has 2 aromatic heterocycles. The maximum atomic E-state index is 13.9. The lowest BCUT2D eigenvalue weighted by Crippen LogP contribution is -2.39. The molecule has 1 aliphatic rings. The number of fused-ring (bicyclic) bond motifs is 1. The van der Waals surface area contributed by atoms with Crippen LogP contribution in [-0.2, 0) is 9.53 Å². The van der Waals surface area contributed by atoms with E-state index in [0.717, 1.165) is 10.4 Å². The minimum Gasteiger partial charge on any atom is -0.493 e. The molecule has 1 atom stereocenters. The number of hydrogen-bond donors (Lipinski definition) is 0. The van der Waals surface area contributed by atoms with Gasteiger partial charge in [-0.05, 0) is 42.1 Å². The molecule has 0 fully saturated rings. The monoisotopic (exact) mass is 590 g/mol. The Hall–Kier alpha value is -4.10. The summed E-state index contributed by atoms with van der Waals surface area (Å²) in [5.74, 6) is 2.59. The van der Waals surface area contributed by atoms with Gasteiger partial charge >= 0.3 is 5.97 Å². The van der Waals surface area contributed by atoms with Gasteiger partial charge in [0, 0.05) is 10.4 Å². The summed E-state index contributed by atoms with van der Waals surface area (Å²) in [5.41, 5.74) is 1.88. The highest BCUT2D eigenvalue weighted by molar-refractivity contribution is 7.10. The van der Waals surface area contributed by atoms with Crippen LogP contribution in [0.1, 0.15) is 29.0 Å². The van der Waals surface area contributed by atoms with Crippen molar-refractivity contribution in [3.8, 4) is 23.8 Å². The Kier molecular flexibility index (Phi) is 8.21. The van der Waals surface area contributed by atoms with Crippen molar-refractivity contribution >= 4 is 52.0 Å². The number of nitrogens with zero attached hydrogens (tertiary/aromatic N) is 2. The summed E-state index contributed by atoms with van der Waals surface area (Å²) in [6.45, 7) is 1.97. The molecule has 7 nitrogen and oxygen atoms in total. The molecule has 2 aromatic carbocycles. The third-order valence-corrected chi connectivity index (χ3v) is 8.22. The van der Waals surface area contributed by atoms with E-state index in [-0.39, 0.29) is 18.8 Å². The van der Waals surface area contributed by atoms with Gasteiger partial charge in [0.25, 0.3) is 5.56 Å². The van der Waals surface area contributed by atoms with E-state index in [2.05, 4.69) is 5.92 Å². The van der Waals surface area contributed by atoms with Crippen molar-refractivity contribution in [1.29, 1.82) is 0 Å². The van der Waals surface area contributed by atoms with Crippen molar-refractivity contribution in [2.24, 2.45) is 4.99 Å². The van der Waals surface area contributed by atoms with E-state index in [9.17, 15) is 9.59 Å². The molecule has 0 bridgehead atoms. The third-order valence-electron chi connectivity index (χ3n) is 6.04. The molecular formula is C30H23ClN2O5S2. The van der Waals surface area contributed by atoms with Gasteiger partial charge in [-0.1, -0.05) is 65.3 Å². The Bertz CT molecular complexity index is 1820. The average Bonchev–Trinajstić information content (AvgIpc) is 3.60. The molecule has 0 amide bonds. The number of thiophene rings is 1. The Balaban J connectivity index is 1.74. The summed E-state index contributed by atoms with van der Waals surface area (Å²) in [6, 6.07) is 15.9. The number of benzene rings is 2. The van der Waals surface area contributed by atoms with Gasteiger partial charge < -0.3 is 14.2 Å². The molecule has 0 saturated carbocycles. The highest BCUT2D eigenvalue weighted by Gasteiger charge is 2.35. The predicted octanol–water partition coefficient (Wildman–Crippen LogP) is 4.67. The molecule has 202 valence electrons. The lowest BCUT2D eigenvalue weighted by Gasteiger charge is -2.24. The number of methoxy groups -OCH3 is 1. The smallest absolute Gasteiger partial charge is 0.338 e. The Morgan fingerprint density at radius 1 is 1.23 bits per heavy atom. The molecule has 5 rings (SSSR count). The number of esters is 1. The number of ether oxygens (including phenoxy) is 3. The van der Waals surface area contributed by atoms with E-state index in [0.29, 0.717) is 42.7 Å². The van der Waals surface area contributed by atoms with E-state index >= 15 is 0 Å². The summed E-state index contributed by atoms with van der Waals surface area (Å²) in [7, 11) is 1.50. The molecule has 1 aliphatic heterocycles. The maximum Gasteiger partial charge on any atom is 0.338 e. The number of carbonyl (C=O) groups is 1. The highest BCUT2D eigenvalue weighted by atomic mass is 35.5. The minimum atomic E-state index is -0.703. The van der Waals surface area contributed by atoms with E-state index in [4.69, 9.17) is 37.2 Å². The molecule has 0 radical (unpaired) electrons. The summed E-state index contributed by atoms with van der Waals surface area (Å²) >= 11 is 9.15. The first-order valence-electron chi connectivity index (χ1n) is 12.2. The Morgan fingerprint density at radius 3 is 2.70 bits per heavy atom. The third kappa shape index (κ3) is 5.21. The van der Waals surface area contributed by atoms with Crippen molar-refractivity contribution in [1.82, 2.24) is 4.57 Å². The molecule has 4 aromatic rings. The zero-order chi connectivity index (χ0) is 28.2. The number of halogens is 1. The molecule has 0 N–H and O–H groups in total. The van der Waals surface area contributed by atoms with Crippen molar-refractivity contribution < 1.29 is 19.0 Å². The predicted molar refractivity (Wildman–Crippen MR) is 158 cm³/mol. The van der Waals surface area contributed by atoms with Crippen LogP contribution in [-0.4, -0.2) is 30.9 Å². The van der Waals surface area contributed by atoms with Crippen molar-refractivity contribution in [3.63, 3.8) is 0 Å². The second-order valence-corrected chi connectivity index (χ2v) is 10.9. The van der Waals surface area contributed by atoms with Gasteiger partial charge in [-0.2, -0.15) is 0 Å². The Morgan fingerprint density at radius 2 is 2.02 bits per heavy atom. The van der Waals surface area contributed by atoms with Crippen LogP contribution in [0.3, 0.4) is 0 Å². The molecule has 0 saturated heterocycles. The molecule has 0 unspecified atom stereocenters. The number of carbonyl (C=O) groups excluding carboxylic acids is 1.